The smallest absolute Gasteiger partial charge is 0.187 e. The summed E-state index contributed by atoms with van der Waals surface area (Å²) in [5.74, 6) is 0. The molecule has 0 aliphatic carbocycles. The van der Waals surface area contributed by atoms with Gasteiger partial charge in [0.1, 0.15) is 0 Å². The second-order valence-electron chi connectivity index (χ2n) is 35.9. The van der Waals surface area contributed by atoms with E-state index in [-0.39, 0.29) is 0 Å². The number of benzene rings is 24. The number of para-hydroxylation sites is 6. The van der Waals surface area contributed by atoms with Crippen molar-refractivity contribution in [2.45, 2.75) is 34.6 Å². The Balaban J connectivity index is 0.000000123. The molecule has 0 radical (unpaired) electrons. The van der Waals surface area contributed by atoms with E-state index < -0.39 is 0 Å². The highest BCUT2D eigenvalue weighted by molar-refractivity contribution is 6.32. The van der Waals surface area contributed by atoms with Crippen LogP contribution in [0.1, 0.15) is 44.5 Å². The van der Waals surface area contributed by atoms with E-state index in [0.29, 0.717) is 33.8 Å². The number of aryl methyl sites for hydroxylation is 5. The summed E-state index contributed by atoms with van der Waals surface area (Å²) in [7, 11) is 0. The van der Waals surface area contributed by atoms with Crippen molar-refractivity contribution < 1.29 is 0 Å². The Hall–Kier alpha value is -19.9. The second-order valence-corrected chi connectivity index (χ2v) is 35.9. The molecule has 0 fully saturated rings. The summed E-state index contributed by atoms with van der Waals surface area (Å²) in [5, 5.41) is 50.1. The van der Waals surface area contributed by atoms with Crippen molar-refractivity contribution in [3.8, 4) is 18.2 Å². The fourth-order valence-electron chi connectivity index (χ4n) is 21.0. The fraction of sp³-hybridized carbons (Fsp3) is 0.0382. The molecular formula is C131H88N12. The lowest BCUT2D eigenvalue weighted by Gasteiger charge is -2.31. The number of hydrogen-bond acceptors (Lipinski definition) is 9. The molecule has 143 heavy (non-hydrogen) atoms. The quantitative estimate of drug-likeness (QED) is 0.0614. The van der Waals surface area contributed by atoms with E-state index in [2.05, 4.69) is 358 Å². The topological polar surface area (TPSA) is 104 Å². The number of rotatable bonds is 18. The van der Waals surface area contributed by atoms with Crippen molar-refractivity contribution in [2.75, 3.05) is 29.4 Å². The van der Waals surface area contributed by atoms with Crippen molar-refractivity contribution in [3.63, 3.8) is 0 Å². The van der Waals surface area contributed by atoms with Gasteiger partial charge in [0.2, 0.25) is 0 Å². The highest BCUT2D eigenvalue weighted by atomic mass is 15.2. The van der Waals surface area contributed by atoms with Crippen LogP contribution in [0.2, 0.25) is 0 Å². The molecule has 24 aromatic carbocycles. The van der Waals surface area contributed by atoms with Crippen LogP contribution in [0.15, 0.2) is 443 Å². The van der Waals surface area contributed by atoms with Crippen LogP contribution in [-0.2, 0) is 0 Å². The Morgan fingerprint density at radius 2 is 0.392 bits per heavy atom. The molecule has 24 rings (SSSR count). The van der Waals surface area contributed by atoms with Crippen LogP contribution in [-0.4, -0.2) is 0 Å². The lowest BCUT2D eigenvalue weighted by molar-refractivity contribution is 1.26. The monoisotopic (exact) mass is 1830 g/mol. The SMILES string of the molecule is [C-]#[N+]c1ccc(N(c2ccccc2)c2c(C)cc3ccc4c(N(c5ccccc5)c5ccc(C#N)cc5)c(C)cc5ccc2c3c54)cc1.[C-]#[N+]c1ccc(N(c2ccccc2)c2ccc3c(C)cc4c(N(c5ccccc5)c5ccc(C#N)cc5)ccc5c(C)cc2c3c54)cc1.[C-]#[N+]c1ccc(N(c2ccccc2)c2ccc3c(C)cc4c(N(c5ccccc5)c5ccc(C#N)cc5)ccc5ccc2c3c54)cc1. The molecule has 0 saturated heterocycles. The summed E-state index contributed by atoms with van der Waals surface area (Å²) >= 11 is 0. The zero-order chi connectivity index (χ0) is 97.5. The number of nitriles is 3. The molecule has 0 bridgehead atoms. The van der Waals surface area contributed by atoms with Gasteiger partial charge in [-0.3, -0.25) is 0 Å². The molecule has 0 spiro atoms. The van der Waals surface area contributed by atoms with Gasteiger partial charge in [0.15, 0.2) is 17.1 Å². The zero-order valence-electron chi connectivity index (χ0n) is 79.0. The molecule has 0 heterocycles. The van der Waals surface area contributed by atoms with Crippen LogP contribution in [0.5, 0.6) is 0 Å². The van der Waals surface area contributed by atoms with E-state index in [9.17, 15) is 15.8 Å². The van der Waals surface area contributed by atoms with Crippen LogP contribution in [0.25, 0.3) is 111 Å². The molecule has 0 atom stereocenters. The average molecular weight is 1830 g/mol. The third kappa shape index (κ3) is 16.1. The molecule has 0 amide bonds. The summed E-state index contributed by atoms with van der Waals surface area (Å²) in [6, 6.07) is 159. The highest BCUT2D eigenvalue weighted by Gasteiger charge is 2.30. The van der Waals surface area contributed by atoms with Crippen molar-refractivity contribution in [1.29, 1.82) is 15.8 Å². The largest absolute Gasteiger partial charge is 0.310 e. The Bertz CT molecular complexity index is 8870. The van der Waals surface area contributed by atoms with E-state index in [4.69, 9.17) is 19.7 Å². The first-order valence-corrected chi connectivity index (χ1v) is 47.4. The normalized spacial score (nSPS) is 11.1. The molecule has 0 N–H and O–H groups in total. The Morgan fingerprint density at radius 1 is 0.182 bits per heavy atom. The van der Waals surface area contributed by atoms with Gasteiger partial charge in [0.25, 0.3) is 0 Å². The van der Waals surface area contributed by atoms with Crippen molar-refractivity contribution >= 4 is 216 Å². The molecular weight excluding hydrogens is 1740 g/mol. The molecule has 0 aliphatic rings. The van der Waals surface area contributed by atoms with Gasteiger partial charge in [0, 0.05) is 101 Å². The molecule has 0 saturated carbocycles. The van der Waals surface area contributed by atoms with Crippen LogP contribution in [0.3, 0.4) is 0 Å². The molecule has 0 aromatic heterocycles. The van der Waals surface area contributed by atoms with Gasteiger partial charge >= 0.3 is 0 Å². The molecule has 0 unspecified atom stereocenters. The lowest BCUT2D eigenvalue weighted by Crippen LogP contribution is -2.13. The first kappa shape index (κ1) is 88.4. The van der Waals surface area contributed by atoms with E-state index in [0.717, 1.165) is 119 Å². The molecule has 12 heteroatoms. The van der Waals surface area contributed by atoms with Crippen molar-refractivity contribution in [3.05, 3.63) is 522 Å². The van der Waals surface area contributed by atoms with Gasteiger partial charge in [-0.15, -0.1) is 0 Å². The van der Waals surface area contributed by atoms with E-state index in [1.807, 2.05) is 182 Å². The maximum absolute atomic E-state index is 9.51. The fourth-order valence-corrected chi connectivity index (χ4v) is 21.0. The maximum Gasteiger partial charge on any atom is 0.187 e. The average Bonchev–Trinajstić information content (AvgIpc) is 0.837. The lowest BCUT2D eigenvalue weighted by atomic mass is 9.87. The third-order valence-corrected chi connectivity index (χ3v) is 27.4. The van der Waals surface area contributed by atoms with Gasteiger partial charge in [0.05, 0.1) is 88.7 Å². The number of hydrogen-bond donors (Lipinski definition) is 0. The Labute approximate surface area is 830 Å². The molecule has 12 nitrogen and oxygen atoms in total. The summed E-state index contributed by atoms with van der Waals surface area (Å²) in [6.07, 6.45) is 0. The summed E-state index contributed by atoms with van der Waals surface area (Å²) in [4.78, 5) is 24.7. The predicted octanol–water partition coefficient (Wildman–Crippen LogP) is 37.4. The first-order chi connectivity index (χ1) is 70.2. The van der Waals surface area contributed by atoms with Crippen LogP contribution >= 0.6 is 0 Å². The minimum absolute atomic E-state index is 0.616. The zero-order valence-corrected chi connectivity index (χ0v) is 79.0. The maximum atomic E-state index is 9.51. The van der Waals surface area contributed by atoms with E-state index in [1.165, 1.54) is 108 Å². The van der Waals surface area contributed by atoms with Gasteiger partial charge in [-0.25, -0.2) is 14.5 Å². The van der Waals surface area contributed by atoms with Gasteiger partial charge in [-0.1, -0.05) is 206 Å². The Morgan fingerprint density at radius 3 is 0.678 bits per heavy atom. The third-order valence-electron chi connectivity index (χ3n) is 27.4. The van der Waals surface area contributed by atoms with E-state index in [1.54, 1.807) is 0 Å². The molecule has 672 valence electrons. The second kappa shape index (κ2) is 37.7. The van der Waals surface area contributed by atoms with Gasteiger partial charge in [-0.2, -0.15) is 15.8 Å². The minimum atomic E-state index is 0.616. The number of nitrogens with zero attached hydrogens (tertiary/aromatic N) is 12. The van der Waals surface area contributed by atoms with Gasteiger partial charge < -0.3 is 29.4 Å². The Kier molecular flexibility index (Phi) is 23.3. The van der Waals surface area contributed by atoms with Gasteiger partial charge in [-0.05, 0) is 364 Å². The first-order valence-electron chi connectivity index (χ1n) is 47.4. The molecule has 24 aromatic rings. The minimum Gasteiger partial charge on any atom is -0.310 e. The standard InChI is InChI=1S/2C44H30N4.C43H28N4/c1-29-26-32-17-25-40-42-33(27-30(2)44(40)48(36-12-8-5-9-13-36)38-22-18-34(46-3)19-23-38)16-24-39(41(32)42)43(29)47(35-10-6-4-7-11-35)37-20-14-31(28-45)15-21-37;1-29-26-39-41(47(33-10-6-4-7-11-33)35-18-14-31(28-45)15-19-35)24-22-37-30(2)27-40-42(25-23-38(29)44(40)43(37)39)48(34-12-8-5-9-13-34)36-20-16-32(46-3)17-21-36;1-29-27-39-41(47(34-11-7-4-8-12-34)35-19-13-30(28-44)14-20-35)25-16-31-15-23-38-40(26-24-37(29)43(38)42(31)39)46(33-9-5-3-6-10-33)36-21-17-32(45-2)18-22-36/h2*4-27H,1-2H3;3-27H,1H3. The van der Waals surface area contributed by atoms with Crippen LogP contribution in [0, 0.1) is 88.3 Å². The predicted molar refractivity (Wildman–Crippen MR) is 595 cm³/mol. The highest BCUT2D eigenvalue weighted by Crippen LogP contribution is 2.55. The van der Waals surface area contributed by atoms with Crippen molar-refractivity contribution in [1.82, 2.24) is 0 Å². The summed E-state index contributed by atoms with van der Waals surface area (Å²) < 4.78 is 0. The number of anilines is 18. The summed E-state index contributed by atoms with van der Waals surface area (Å²) in [5.41, 5.74) is 28.5. The summed E-state index contributed by atoms with van der Waals surface area (Å²) in [6.45, 7) is 33.4. The van der Waals surface area contributed by atoms with E-state index >= 15 is 0 Å². The molecule has 0 aliphatic heterocycles. The van der Waals surface area contributed by atoms with Crippen molar-refractivity contribution in [2.24, 2.45) is 0 Å². The van der Waals surface area contributed by atoms with Crippen LogP contribution in [0.4, 0.5) is 119 Å². The van der Waals surface area contributed by atoms with Crippen LogP contribution < -0.4 is 29.4 Å².